The minimum atomic E-state index is -1.04. The number of aromatic nitrogens is 2. The van der Waals surface area contributed by atoms with Crippen molar-refractivity contribution in [3.05, 3.63) is 83.7 Å². The van der Waals surface area contributed by atoms with Crippen LogP contribution in [-0.2, 0) is 0 Å². The van der Waals surface area contributed by atoms with E-state index in [-0.39, 0.29) is 17.3 Å². The van der Waals surface area contributed by atoms with Crippen LogP contribution in [-0.4, -0.2) is 20.7 Å². The van der Waals surface area contributed by atoms with Crippen LogP contribution >= 0.6 is 0 Å². The van der Waals surface area contributed by atoms with Gasteiger partial charge in [-0.2, -0.15) is 5.10 Å². The van der Waals surface area contributed by atoms with Crippen molar-refractivity contribution in [3.63, 3.8) is 0 Å². The molecule has 4 nitrogen and oxygen atoms in total. The average Bonchev–Trinajstić information content (AvgIpc) is 3.11. The summed E-state index contributed by atoms with van der Waals surface area (Å²) in [5, 5.41) is 14.7. The first-order valence-electron chi connectivity index (χ1n) is 9.07. The number of carbonyl (C=O) groups is 1. The first-order chi connectivity index (χ1) is 13.5. The lowest BCUT2D eigenvalue weighted by atomic mass is 9.93. The first kappa shape index (κ1) is 17.9. The summed E-state index contributed by atoms with van der Waals surface area (Å²) >= 11 is 0. The zero-order chi connectivity index (χ0) is 19.8. The topological polar surface area (TPSA) is 54.6 Å². The van der Waals surface area contributed by atoms with Gasteiger partial charge >= 0.3 is 5.97 Å². The molecule has 0 fully saturated rings. The molecule has 2 aromatic heterocycles. The van der Waals surface area contributed by atoms with Crippen molar-refractivity contribution in [2.24, 2.45) is 0 Å². The second-order valence-electron chi connectivity index (χ2n) is 6.99. The number of nitrogens with zero attached hydrogens (tertiary/aromatic N) is 2. The number of carboxylic acids is 1. The third-order valence-corrected chi connectivity index (χ3v) is 4.82. The molecule has 4 rings (SSSR count). The summed E-state index contributed by atoms with van der Waals surface area (Å²) in [6.07, 6.45) is 0. The highest BCUT2D eigenvalue weighted by atomic mass is 19.1. The number of rotatable bonds is 4. The number of aromatic carboxylic acids is 1. The molecule has 2 aromatic carbocycles. The Balaban J connectivity index is 2.10. The standard InChI is InChI=1S/C23H19FN2O2/c1-14(2)20-19-13-12-18(15-6-4-3-5-7-15)26(19)25-22(21(20)23(27)28)16-8-10-17(24)11-9-16/h3-14H,1-2H3,(H,27,28). The Kier molecular flexibility index (Phi) is 4.43. The Morgan fingerprint density at radius 1 is 0.964 bits per heavy atom. The van der Waals surface area contributed by atoms with Crippen LogP contribution < -0.4 is 0 Å². The zero-order valence-electron chi connectivity index (χ0n) is 15.6. The molecule has 28 heavy (non-hydrogen) atoms. The first-order valence-corrected chi connectivity index (χ1v) is 9.07. The van der Waals surface area contributed by atoms with E-state index in [1.807, 2.05) is 56.3 Å². The Bertz CT molecular complexity index is 1160. The van der Waals surface area contributed by atoms with E-state index in [9.17, 15) is 14.3 Å². The molecule has 0 aliphatic heterocycles. The van der Waals surface area contributed by atoms with Gasteiger partial charge in [0.2, 0.25) is 0 Å². The predicted molar refractivity (Wildman–Crippen MR) is 107 cm³/mol. The maximum atomic E-state index is 13.4. The Hall–Kier alpha value is -3.47. The highest BCUT2D eigenvalue weighted by Crippen LogP contribution is 2.34. The van der Waals surface area contributed by atoms with Gasteiger partial charge in [0.1, 0.15) is 11.5 Å². The van der Waals surface area contributed by atoms with Gasteiger partial charge in [-0.1, -0.05) is 44.2 Å². The summed E-state index contributed by atoms with van der Waals surface area (Å²) in [7, 11) is 0. The molecule has 0 saturated carbocycles. The van der Waals surface area contributed by atoms with Crippen LogP contribution in [0.5, 0.6) is 0 Å². The smallest absolute Gasteiger partial charge is 0.338 e. The lowest BCUT2D eigenvalue weighted by Crippen LogP contribution is -2.12. The van der Waals surface area contributed by atoms with Crippen molar-refractivity contribution in [1.82, 2.24) is 9.61 Å². The average molecular weight is 374 g/mol. The number of halogens is 1. The predicted octanol–water partition coefficient (Wildman–Crippen LogP) is 5.63. The van der Waals surface area contributed by atoms with Gasteiger partial charge in [0.15, 0.2) is 0 Å². The van der Waals surface area contributed by atoms with E-state index in [1.54, 1.807) is 16.6 Å². The van der Waals surface area contributed by atoms with Crippen molar-refractivity contribution < 1.29 is 14.3 Å². The molecule has 0 radical (unpaired) electrons. The summed E-state index contributed by atoms with van der Waals surface area (Å²) in [5.41, 5.74) is 4.39. The maximum Gasteiger partial charge on any atom is 0.338 e. The van der Waals surface area contributed by atoms with E-state index in [0.29, 0.717) is 16.8 Å². The highest BCUT2D eigenvalue weighted by molar-refractivity contribution is 5.99. The van der Waals surface area contributed by atoms with Crippen LogP contribution in [0.2, 0.25) is 0 Å². The number of hydrogen-bond donors (Lipinski definition) is 1. The second kappa shape index (κ2) is 6.93. The summed E-state index contributed by atoms with van der Waals surface area (Å²) < 4.78 is 15.2. The van der Waals surface area contributed by atoms with E-state index in [1.165, 1.54) is 12.1 Å². The van der Waals surface area contributed by atoms with E-state index >= 15 is 0 Å². The molecule has 5 heteroatoms. The Morgan fingerprint density at radius 2 is 1.64 bits per heavy atom. The van der Waals surface area contributed by atoms with Crippen LogP contribution in [0.15, 0.2) is 66.7 Å². The molecule has 140 valence electrons. The van der Waals surface area contributed by atoms with Crippen molar-refractivity contribution in [1.29, 1.82) is 0 Å². The van der Waals surface area contributed by atoms with Gasteiger partial charge in [-0.05, 0) is 47.9 Å². The minimum absolute atomic E-state index is 0.0330. The van der Waals surface area contributed by atoms with Crippen molar-refractivity contribution in [3.8, 4) is 22.5 Å². The second-order valence-corrected chi connectivity index (χ2v) is 6.99. The summed E-state index contributed by atoms with van der Waals surface area (Å²) in [4.78, 5) is 12.2. The lowest BCUT2D eigenvalue weighted by molar-refractivity contribution is 0.0695. The van der Waals surface area contributed by atoms with E-state index in [0.717, 1.165) is 16.8 Å². The van der Waals surface area contributed by atoms with Crippen LogP contribution in [0.25, 0.3) is 28.0 Å². The van der Waals surface area contributed by atoms with E-state index in [4.69, 9.17) is 0 Å². The van der Waals surface area contributed by atoms with Crippen LogP contribution in [0.4, 0.5) is 4.39 Å². The molecular formula is C23H19FN2O2. The third kappa shape index (κ3) is 2.95. The Morgan fingerprint density at radius 3 is 2.25 bits per heavy atom. The SMILES string of the molecule is CC(C)c1c(C(=O)O)c(-c2ccc(F)cc2)nn2c(-c3ccccc3)ccc12. The minimum Gasteiger partial charge on any atom is -0.478 e. The Labute approximate surface area is 161 Å². The normalized spacial score (nSPS) is 11.3. The molecule has 0 aliphatic rings. The van der Waals surface area contributed by atoms with Gasteiger partial charge < -0.3 is 5.11 Å². The van der Waals surface area contributed by atoms with Gasteiger partial charge in [-0.25, -0.2) is 13.7 Å². The molecule has 4 aromatic rings. The molecule has 2 heterocycles. The molecule has 0 saturated heterocycles. The van der Waals surface area contributed by atoms with Crippen LogP contribution in [0.1, 0.15) is 35.7 Å². The van der Waals surface area contributed by atoms with Gasteiger partial charge in [-0.3, -0.25) is 0 Å². The fourth-order valence-electron chi connectivity index (χ4n) is 3.58. The summed E-state index contributed by atoms with van der Waals surface area (Å²) in [6, 6.07) is 19.4. The fraction of sp³-hybridized carbons (Fsp3) is 0.130. The van der Waals surface area contributed by atoms with Crippen LogP contribution in [0, 0.1) is 5.82 Å². The monoisotopic (exact) mass is 374 g/mol. The molecule has 0 bridgehead atoms. The van der Waals surface area contributed by atoms with Gasteiger partial charge in [0.05, 0.1) is 16.8 Å². The van der Waals surface area contributed by atoms with Crippen molar-refractivity contribution in [2.45, 2.75) is 19.8 Å². The molecule has 0 atom stereocenters. The summed E-state index contributed by atoms with van der Waals surface area (Å²) in [6.45, 7) is 3.93. The van der Waals surface area contributed by atoms with Crippen molar-refractivity contribution >= 4 is 11.5 Å². The molecule has 1 N–H and O–H groups in total. The molecule has 0 spiro atoms. The highest BCUT2D eigenvalue weighted by Gasteiger charge is 2.25. The van der Waals surface area contributed by atoms with Gasteiger partial charge in [0, 0.05) is 11.1 Å². The van der Waals surface area contributed by atoms with Gasteiger partial charge in [-0.15, -0.1) is 0 Å². The number of fused-ring (bicyclic) bond motifs is 1. The third-order valence-electron chi connectivity index (χ3n) is 4.82. The molecular weight excluding hydrogens is 355 g/mol. The molecule has 0 amide bonds. The number of carboxylic acid groups (broad SMARTS) is 1. The van der Waals surface area contributed by atoms with E-state index < -0.39 is 5.97 Å². The van der Waals surface area contributed by atoms with Gasteiger partial charge in [0.25, 0.3) is 0 Å². The van der Waals surface area contributed by atoms with Crippen molar-refractivity contribution in [2.75, 3.05) is 0 Å². The summed E-state index contributed by atoms with van der Waals surface area (Å²) in [5.74, 6) is -1.45. The van der Waals surface area contributed by atoms with Crippen LogP contribution in [0.3, 0.4) is 0 Å². The molecule has 0 unspecified atom stereocenters. The maximum absolute atomic E-state index is 13.4. The van der Waals surface area contributed by atoms with E-state index in [2.05, 4.69) is 5.10 Å². The lowest BCUT2D eigenvalue weighted by Gasteiger charge is -2.17. The number of benzene rings is 2. The largest absolute Gasteiger partial charge is 0.478 e. The quantitative estimate of drug-likeness (QED) is 0.504. The fourth-order valence-corrected chi connectivity index (χ4v) is 3.58. The molecule has 0 aliphatic carbocycles. The number of hydrogen-bond acceptors (Lipinski definition) is 2. The zero-order valence-corrected chi connectivity index (χ0v) is 15.6.